The number of rotatable bonds is 7. The van der Waals surface area contributed by atoms with Gasteiger partial charge in [0.1, 0.15) is 17.9 Å². The van der Waals surface area contributed by atoms with Crippen LogP contribution in [-0.4, -0.2) is 24.8 Å². The monoisotopic (exact) mass is 333 g/mol. The summed E-state index contributed by atoms with van der Waals surface area (Å²) in [5.41, 5.74) is 2.08. The van der Waals surface area contributed by atoms with Crippen LogP contribution in [-0.2, 0) is 0 Å². The molecule has 3 N–H and O–H groups in total. The molecular weight excluding hydrogens is 310 g/mol. The predicted molar refractivity (Wildman–Crippen MR) is 89.7 cm³/mol. The Morgan fingerprint density at radius 2 is 1.87 bits per heavy atom. The van der Waals surface area contributed by atoms with Gasteiger partial charge in [0.05, 0.1) is 13.7 Å². The topological polar surface area (TPSA) is 46.1 Å². The van der Waals surface area contributed by atoms with Crippen LogP contribution in [0.5, 0.6) is 5.75 Å². The lowest BCUT2D eigenvalue weighted by Gasteiger charge is -2.16. The molecule has 3 nitrogen and oxygen atoms in total. The summed E-state index contributed by atoms with van der Waals surface area (Å²) in [6.07, 6.45) is 3.72. The third-order valence-corrected chi connectivity index (χ3v) is 3.69. The summed E-state index contributed by atoms with van der Waals surface area (Å²) in [6, 6.07) is 17.8. The molecule has 0 radical (unpaired) electrons. The lowest BCUT2D eigenvalue weighted by molar-refractivity contribution is -0.686. The molecule has 0 aliphatic rings. The van der Waals surface area contributed by atoms with Crippen molar-refractivity contribution in [3.8, 4) is 5.75 Å². The lowest BCUT2D eigenvalue weighted by atomic mass is 10.0. The largest absolute Gasteiger partial charge is 1.00 e. The number of nitrogens with two attached hydrogens (primary N) is 1. The smallest absolute Gasteiger partial charge is 0.130 e. The van der Waals surface area contributed by atoms with Gasteiger partial charge in [-0.3, -0.25) is 0 Å². The van der Waals surface area contributed by atoms with Gasteiger partial charge in [-0.05, 0) is 36.3 Å². The highest BCUT2D eigenvalue weighted by Crippen LogP contribution is 2.14. The van der Waals surface area contributed by atoms with Crippen molar-refractivity contribution in [1.82, 2.24) is 0 Å². The van der Waals surface area contributed by atoms with Gasteiger partial charge >= 0.3 is 0 Å². The van der Waals surface area contributed by atoms with E-state index in [2.05, 4.69) is 17.5 Å². The second-order valence-corrected chi connectivity index (χ2v) is 5.37. The molecule has 2 unspecified atom stereocenters. The number of halogens is 1. The van der Waals surface area contributed by atoms with E-state index in [0.717, 1.165) is 23.4 Å². The van der Waals surface area contributed by atoms with Crippen LogP contribution < -0.4 is 22.5 Å². The summed E-state index contributed by atoms with van der Waals surface area (Å²) >= 11 is 0. The Morgan fingerprint density at radius 1 is 1.13 bits per heavy atom. The van der Waals surface area contributed by atoms with Gasteiger partial charge in [0.25, 0.3) is 0 Å². The number of aliphatic hydroxyl groups is 1. The zero-order chi connectivity index (χ0) is 15.8. The van der Waals surface area contributed by atoms with Crippen LogP contribution in [0.4, 0.5) is 0 Å². The molecule has 0 fully saturated rings. The Bertz CT molecular complexity index is 601. The van der Waals surface area contributed by atoms with Crippen LogP contribution in [0, 0.1) is 0 Å². The van der Waals surface area contributed by atoms with E-state index in [-0.39, 0.29) is 18.4 Å². The van der Waals surface area contributed by atoms with Crippen molar-refractivity contribution in [3.63, 3.8) is 0 Å². The summed E-state index contributed by atoms with van der Waals surface area (Å²) in [5.74, 6) is 0.860. The van der Waals surface area contributed by atoms with E-state index in [0.29, 0.717) is 0 Å². The summed E-state index contributed by atoms with van der Waals surface area (Å²) in [7, 11) is 1.67. The number of hydrogen-bond donors (Lipinski definition) is 2. The first-order chi connectivity index (χ1) is 10.7. The van der Waals surface area contributed by atoms with Crippen LogP contribution in [0.15, 0.2) is 60.7 Å². The molecule has 0 aliphatic heterocycles. The molecule has 0 aromatic heterocycles. The van der Waals surface area contributed by atoms with Gasteiger partial charge in [0.15, 0.2) is 0 Å². The fraction of sp³-hybridized carbons (Fsp3) is 0.263. The fourth-order valence-electron chi connectivity index (χ4n) is 2.33. The van der Waals surface area contributed by atoms with Crippen molar-refractivity contribution in [2.24, 2.45) is 0 Å². The number of ether oxygens (including phenoxy) is 1. The van der Waals surface area contributed by atoms with E-state index >= 15 is 0 Å². The van der Waals surface area contributed by atoms with Crippen molar-refractivity contribution in [1.29, 1.82) is 0 Å². The van der Waals surface area contributed by atoms with E-state index < -0.39 is 6.10 Å². The third-order valence-electron chi connectivity index (χ3n) is 3.69. The minimum atomic E-state index is -0.452. The molecule has 0 saturated heterocycles. The average molecular weight is 334 g/mol. The van der Waals surface area contributed by atoms with Crippen molar-refractivity contribution >= 4 is 6.08 Å². The molecule has 2 atom stereocenters. The number of quaternary nitrogens is 1. The number of aliphatic hydroxyl groups excluding tert-OH is 1. The van der Waals surface area contributed by atoms with Crippen molar-refractivity contribution in [2.45, 2.75) is 19.1 Å². The molecular formula is C19H24ClNO2. The van der Waals surface area contributed by atoms with Crippen LogP contribution in [0.1, 0.15) is 24.2 Å². The van der Waals surface area contributed by atoms with Gasteiger partial charge < -0.3 is 27.6 Å². The molecule has 2 aromatic rings. The highest BCUT2D eigenvalue weighted by atomic mass is 35.5. The van der Waals surface area contributed by atoms with E-state index in [1.54, 1.807) is 7.11 Å². The van der Waals surface area contributed by atoms with Gasteiger partial charge in [0, 0.05) is 0 Å². The Labute approximate surface area is 144 Å². The Morgan fingerprint density at radius 3 is 2.57 bits per heavy atom. The Balaban J connectivity index is 0.00000264. The summed E-state index contributed by atoms with van der Waals surface area (Å²) in [4.78, 5) is 0. The van der Waals surface area contributed by atoms with Gasteiger partial charge in [-0.1, -0.05) is 48.5 Å². The maximum Gasteiger partial charge on any atom is 0.130 e. The predicted octanol–water partition coefficient (Wildman–Crippen LogP) is -0.602. The molecule has 2 aromatic carbocycles. The number of hydrogen-bond acceptors (Lipinski definition) is 2. The fourth-order valence-corrected chi connectivity index (χ4v) is 2.33. The summed E-state index contributed by atoms with van der Waals surface area (Å²) in [5, 5.41) is 12.4. The zero-order valence-electron chi connectivity index (χ0n) is 13.5. The van der Waals surface area contributed by atoms with E-state index in [1.165, 1.54) is 0 Å². The molecule has 23 heavy (non-hydrogen) atoms. The zero-order valence-corrected chi connectivity index (χ0v) is 14.3. The SMILES string of the molecule is COc1cccc(/C=C/C[NH2+]C(C)C(O)c2ccccc2)c1.[Cl-]. The van der Waals surface area contributed by atoms with Crippen LogP contribution in [0.25, 0.3) is 6.08 Å². The molecule has 124 valence electrons. The van der Waals surface area contributed by atoms with Gasteiger partial charge in [-0.25, -0.2) is 0 Å². The van der Waals surface area contributed by atoms with Crippen LogP contribution >= 0.6 is 0 Å². The van der Waals surface area contributed by atoms with Crippen molar-refractivity contribution in [2.75, 3.05) is 13.7 Å². The minimum Gasteiger partial charge on any atom is -1.00 e. The summed E-state index contributed by atoms with van der Waals surface area (Å²) < 4.78 is 5.21. The van der Waals surface area contributed by atoms with E-state index in [9.17, 15) is 5.11 Å². The molecule has 2 rings (SSSR count). The van der Waals surface area contributed by atoms with E-state index in [4.69, 9.17) is 4.74 Å². The van der Waals surface area contributed by atoms with Crippen molar-refractivity contribution < 1.29 is 27.6 Å². The van der Waals surface area contributed by atoms with Crippen LogP contribution in [0.3, 0.4) is 0 Å². The molecule has 0 amide bonds. The first-order valence-electron chi connectivity index (χ1n) is 7.57. The third kappa shape index (κ3) is 6.06. The molecule has 0 saturated carbocycles. The quantitative estimate of drug-likeness (QED) is 0.711. The molecule has 0 heterocycles. The standard InChI is InChI=1S/C19H23NO2.ClH/c1-15(19(21)17-10-4-3-5-11-17)20-13-7-9-16-8-6-12-18(14-16)22-2;/h3-12,14-15,19-21H,13H2,1-2H3;1H/b9-7+;. The second kappa shape index (κ2) is 10.1. The van der Waals surface area contributed by atoms with Gasteiger partial charge in [-0.15, -0.1) is 0 Å². The molecule has 0 spiro atoms. The van der Waals surface area contributed by atoms with E-state index in [1.807, 2.05) is 61.5 Å². The first kappa shape index (κ1) is 19.2. The lowest BCUT2D eigenvalue weighted by Crippen LogP contribution is -3.00. The Kier molecular flexibility index (Phi) is 8.41. The molecule has 0 bridgehead atoms. The van der Waals surface area contributed by atoms with Gasteiger partial charge in [-0.2, -0.15) is 0 Å². The molecule has 4 heteroatoms. The second-order valence-electron chi connectivity index (χ2n) is 5.37. The average Bonchev–Trinajstić information content (AvgIpc) is 2.58. The highest BCUT2D eigenvalue weighted by molar-refractivity contribution is 5.51. The van der Waals surface area contributed by atoms with Gasteiger partial charge in [0.2, 0.25) is 0 Å². The number of benzene rings is 2. The van der Waals surface area contributed by atoms with Crippen LogP contribution in [0.2, 0.25) is 0 Å². The maximum absolute atomic E-state index is 10.3. The van der Waals surface area contributed by atoms with Crippen molar-refractivity contribution in [3.05, 3.63) is 71.8 Å². The normalized spacial score (nSPS) is 13.3. The maximum atomic E-state index is 10.3. The number of methoxy groups -OCH3 is 1. The minimum absolute atomic E-state index is 0. The molecule has 0 aliphatic carbocycles. The summed E-state index contributed by atoms with van der Waals surface area (Å²) in [6.45, 7) is 2.86. The highest BCUT2D eigenvalue weighted by Gasteiger charge is 2.17. The first-order valence-corrected chi connectivity index (χ1v) is 7.57. The Hall–Kier alpha value is -1.81.